The highest BCUT2D eigenvalue weighted by Crippen LogP contribution is 2.25. The van der Waals surface area contributed by atoms with Gasteiger partial charge in [0.25, 0.3) is 0 Å². The zero-order chi connectivity index (χ0) is 9.26. The van der Waals surface area contributed by atoms with E-state index in [-0.39, 0.29) is 5.91 Å². The summed E-state index contributed by atoms with van der Waals surface area (Å²) in [7, 11) is 0. The Morgan fingerprint density at radius 3 is 2.15 bits per heavy atom. The first kappa shape index (κ1) is 9.00. The molecule has 0 bridgehead atoms. The van der Waals surface area contributed by atoms with E-state index < -0.39 is 0 Å². The molecular formula is C10H17N2O. The Morgan fingerprint density at radius 2 is 1.77 bits per heavy atom. The van der Waals surface area contributed by atoms with Crippen LogP contribution in [-0.2, 0) is 4.79 Å². The maximum absolute atomic E-state index is 11.0. The van der Waals surface area contributed by atoms with Crippen molar-refractivity contribution in [2.75, 3.05) is 26.2 Å². The molecule has 2 aliphatic rings. The van der Waals surface area contributed by atoms with Gasteiger partial charge in [0.05, 0.1) is 0 Å². The zero-order valence-corrected chi connectivity index (χ0v) is 8.04. The fourth-order valence-electron chi connectivity index (χ4n) is 2.09. The lowest BCUT2D eigenvalue weighted by molar-refractivity contribution is -0.128. The monoisotopic (exact) mass is 181 g/mol. The predicted octanol–water partition coefficient (Wildman–Crippen LogP) is 0.517. The summed E-state index contributed by atoms with van der Waals surface area (Å²) >= 11 is 0. The highest BCUT2D eigenvalue weighted by atomic mass is 16.2. The molecule has 13 heavy (non-hydrogen) atoms. The average Bonchev–Trinajstić information content (AvgIpc) is 2.02. The maximum Gasteiger partial charge on any atom is 0.223 e. The molecule has 1 heterocycles. The first-order valence-corrected chi connectivity index (χ1v) is 5.12. The van der Waals surface area contributed by atoms with Crippen LogP contribution in [0.15, 0.2) is 0 Å². The topological polar surface area (TPSA) is 23.6 Å². The van der Waals surface area contributed by atoms with E-state index in [0.717, 1.165) is 32.2 Å². The van der Waals surface area contributed by atoms with Crippen molar-refractivity contribution in [2.24, 2.45) is 0 Å². The number of nitrogens with zero attached hydrogens (tertiary/aromatic N) is 2. The van der Waals surface area contributed by atoms with E-state index in [9.17, 15) is 4.79 Å². The fraction of sp³-hybridized carbons (Fsp3) is 0.800. The molecule has 0 N–H and O–H groups in total. The molecule has 73 valence electrons. The van der Waals surface area contributed by atoms with Gasteiger partial charge in [-0.3, -0.25) is 9.69 Å². The largest absolute Gasteiger partial charge is 0.340 e. The molecule has 0 aromatic carbocycles. The van der Waals surface area contributed by atoms with Crippen LogP contribution in [0.5, 0.6) is 0 Å². The van der Waals surface area contributed by atoms with Gasteiger partial charge in [-0.05, 0) is 12.8 Å². The molecule has 0 aromatic rings. The molecule has 0 aromatic heterocycles. The Kier molecular flexibility index (Phi) is 2.54. The van der Waals surface area contributed by atoms with Gasteiger partial charge in [0, 0.05) is 39.1 Å². The third-order valence-corrected chi connectivity index (χ3v) is 3.26. The minimum absolute atomic E-state index is 0.0201. The van der Waals surface area contributed by atoms with Crippen LogP contribution >= 0.6 is 0 Å². The summed E-state index contributed by atoms with van der Waals surface area (Å²) in [6.07, 6.45) is 4.11. The van der Waals surface area contributed by atoms with Crippen molar-refractivity contribution in [3.05, 3.63) is 6.92 Å². The lowest BCUT2D eigenvalue weighted by Crippen LogP contribution is -2.53. The molecule has 2 fully saturated rings. The number of carbonyl (C=O) groups is 1. The molecule has 0 spiro atoms. The quantitative estimate of drug-likeness (QED) is 0.588. The van der Waals surface area contributed by atoms with E-state index in [1.807, 2.05) is 4.90 Å². The lowest BCUT2D eigenvalue weighted by atomic mass is 9.91. The normalized spacial score (nSPS) is 25.8. The summed E-state index contributed by atoms with van der Waals surface area (Å²) < 4.78 is 0. The van der Waals surface area contributed by atoms with Crippen LogP contribution in [0, 0.1) is 6.92 Å². The highest BCUT2D eigenvalue weighted by Gasteiger charge is 2.28. The number of hydrogen-bond donors (Lipinski definition) is 0. The van der Waals surface area contributed by atoms with Gasteiger partial charge in [-0.15, -0.1) is 0 Å². The van der Waals surface area contributed by atoms with Crippen molar-refractivity contribution in [1.29, 1.82) is 0 Å². The number of piperazine rings is 1. The van der Waals surface area contributed by atoms with Crippen LogP contribution in [0.3, 0.4) is 0 Å². The Balaban J connectivity index is 1.78. The van der Waals surface area contributed by atoms with Gasteiger partial charge >= 0.3 is 0 Å². The summed E-state index contributed by atoms with van der Waals surface area (Å²) in [5.74, 6) is -0.0201. The lowest BCUT2D eigenvalue weighted by Gasteiger charge is -2.42. The summed E-state index contributed by atoms with van der Waals surface area (Å²) in [5, 5.41) is 0. The summed E-state index contributed by atoms with van der Waals surface area (Å²) in [5.41, 5.74) is 0. The van der Waals surface area contributed by atoms with Crippen LogP contribution in [0.4, 0.5) is 0 Å². The average molecular weight is 181 g/mol. The van der Waals surface area contributed by atoms with Gasteiger partial charge < -0.3 is 4.90 Å². The van der Waals surface area contributed by atoms with E-state index in [1.54, 1.807) is 0 Å². The van der Waals surface area contributed by atoms with Crippen LogP contribution in [0.1, 0.15) is 19.3 Å². The second-order valence-electron chi connectivity index (χ2n) is 4.00. The van der Waals surface area contributed by atoms with Gasteiger partial charge in [0.2, 0.25) is 5.91 Å². The second kappa shape index (κ2) is 3.66. The zero-order valence-electron chi connectivity index (χ0n) is 8.04. The molecule has 0 atom stereocenters. The maximum atomic E-state index is 11.0. The van der Waals surface area contributed by atoms with Crippen LogP contribution in [0.25, 0.3) is 0 Å². The van der Waals surface area contributed by atoms with Gasteiger partial charge in [-0.2, -0.15) is 0 Å². The van der Waals surface area contributed by atoms with Crippen LogP contribution in [0.2, 0.25) is 0 Å². The van der Waals surface area contributed by atoms with Gasteiger partial charge in [0.1, 0.15) is 0 Å². The first-order valence-electron chi connectivity index (χ1n) is 5.12. The minimum atomic E-state index is -0.0201. The number of amides is 1. The standard InChI is InChI=1S/C10H17N2O/c1-9(13)11-5-7-12(8-6-11)10-3-2-4-10/h10H,1-8H2. The molecule has 2 rings (SSSR count). The van der Waals surface area contributed by atoms with Gasteiger partial charge in [-0.25, -0.2) is 0 Å². The van der Waals surface area contributed by atoms with Gasteiger partial charge in [-0.1, -0.05) is 6.42 Å². The molecule has 3 heteroatoms. The van der Waals surface area contributed by atoms with Crippen molar-refractivity contribution >= 4 is 5.91 Å². The molecule has 1 radical (unpaired) electrons. The molecule has 1 aliphatic carbocycles. The SMILES string of the molecule is [CH2]C(=O)N1CCN(C2CCC2)CC1. The molecule has 3 nitrogen and oxygen atoms in total. The highest BCUT2D eigenvalue weighted by molar-refractivity contribution is 5.80. The first-order chi connectivity index (χ1) is 6.27. The Labute approximate surface area is 79.7 Å². The molecule has 0 unspecified atom stereocenters. The number of rotatable bonds is 1. The van der Waals surface area contributed by atoms with Gasteiger partial charge in [0.15, 0.2) is 0 Å². The summed E-state index contributed by atoms with van der Waals surface area (Å²) in [6, 6.07) is 0.821. The Bertz CT molecular complexity index is 193. The van der Waals surface area contributed by atoms with E-state index in [1.165, 1.54) is 19.3 Å². The molecular weight excluding hydrogens is 164 g/mol. The van der Waals surface area contributed by atoms with E-state index in [4.69, 9.17) is 0 Å². The van der Waals surface area contributed by atoms with E-state index in [0.29, 0.717) is 0 Å². The van der Waals surface area contributed by atoms with Crippen molar-refractivity contribution in [3.8, 4) is 0 Å². The summed E-state index contributed by atoms with van der Waals surface area (Å²) in [4.78, 5) is 15.3. The minimum Gasteiger partial charge on any atom is -0.340 e. The smallest absolute Gasteiger partial charge is 0.223 e. The molecule has 1 amide bonds. The summed E-state index contributed by atoms with van der Waals surface area (Å²) in [6.45, 7) is 7.28. The molecule has 1 aliphatic heterocycles. The Hall–Kier alpha value is -0.570. The van der Waals surface area contributed by atoms with Crippen molar-refractivity contribution < 1.29 is 4.79 Å². The Morgan fingerprint density at radius 1 is 1.15 bits per heavy atom. The molecule has 1 saturated carbocycles. The van der Waals surface area contributed by atoms with Crippen molar-refractivity contribution in [1.82, 2.24) is 9.80 Å². The number of carbonyl (C=O) groups excluding carboxylic acids is 1. The predicted molar refractivity (Wildman–Crippen MR) is 51.1 cm³/mol. The molecule has 1 saturated heterocycles. The number of hydrogen-bond acceptors (Lipinski definition) is 2. The third-order valence-electron chi connectivity index (χ3n) is 3.26. The van der Waals surface area contributed by atoms with Crippen molar-refractivity contribution in [2.45, 2.75) is 25.3 Å². The van der Waals surface area contributed by atoms with Crippen molar-refractivity contribution in [3.63, 3.8) is 0 Å². The second-order valence-corrected chi connectivity index (χ2v) is 4.00. The van der Waals surface area contributed by atoms with Crippen LogP contribution < -0.4 is 0 Å². The van der Waals surface area contributed by atoms with E-state index in [2.05, 4.69) is 11.8 Å². The third kappa shape index (κ3) is 1.85. The fourth-order valence-corrected chi connectivity index (χ4v) is 2.09. The van der Waals surface area contributed by atoms with Crippen LogP contribution in [-0.4, -0.2) is 47.9 Å². The van der Waals surface area contributed by atoms with E-state index >= 15 is 0 Å².